The summed E-state index contributed by atoms with van der Waals surface area (Å²) < 4.78 is 31.8. The second-order valence-corrected chi connectivity index (χ2v) is 9.06. The smallest absolute Gasteiger partial charge is 0.265 e. The van der Waals surface area contributed by atoms with Crippen LogP contribution in [0, 0.1) is 6.92 Å². The van der Waals surface area contributed by atoms with Crippen LogP contribution in [0.15, 0.2) is 42.5 Å². The fourth-order valence-electron chi connectivity index (χ4n) is 3.69. The molecule has 1 atom stereocenters. The predicted molar refractivity (Wildman–Crippen MR) is 103 cm³/mol. The molecule has 7 heteroatoms. The molecule has 2 aromatic carbocycles. The number of aryl methyl sites for hydroxylation is 1. The Morgan fingerprint density at radius 1 is 1.15 bits per heavy atom. The van der Waals surface area contributed by atoms with Crippen LogP contribution in [0.5, 0.6) is 5.75 Å². The number of carbonyl (C=O) groups is 1. The monoisotopic (exact) mass is 386 g/mol. The molecular formula is C20H22N2O4S. The van der Waals surface area contributed by atoms with Crippen molar-refractivity contribution in [2.24, 2.45) is 0 Å². The highest BCUT2D eigenvalue weighted by Crippen LogP contribution is 2.36. The molecule has 4 rings (SSSR count). The fourth-order valence-corrected chi connectivity index (χ4v) is 4.60. The summed E-state index contributed by atoms with van der Waals surface area (Å²) in [6.45, 7) is 3.01. The molecule has 1 amide bonds. The Morgan fingerprint density at radius 3 is 2.63 bits per heavy atom. The summed E-state index contributed by atoms with van der Waals surface area (Å²) in [6.07, 6.45) is 1.10. The molecular weight excluding hydrogens is 364 g/mol. The van der Waals surface area contributed by atoms with Gasteiger partial charge in [0.25, 0.3) is 5.91 Å². The minimum atomic E-state index is -3.52. The van der Waals surface area contributed by atoms with E-state index in [1.54, 1.807) is 17.0 Å². The van der Waals surface area contributed by atoms with Gasteiger partial charge in [-0.15, -0.1) is 0 Å². The Hall–Kier alpha value is -2.54. The summed E-state index contributed by atoms with van der Waals surface area (Å²) in [5, 5.41) is 0. The third-order valence-corrected chi connectivity index (χ3v) is 6.25. The van der Waals surface area contributed by atoms with E-state index in [0.717, 1.165) is 23.8 Å². The Labute approximate surface area is 159 Å². The molecule has 0 fully saturated rings. The third-order valence-electron chi connectivity index (χ3n) is 5.10. The summed E-state index contributed by atoms with van der Waals surface area (Å²) in [5.74, 6) is 0.248. The van der Waals surface area contributed by atoms with Gasteiger partial charge in [0.1, 0.15) is 5.75 Å². The van der Waals surface area contributed by atoms with Gasteiger partial charge in [-0.1, -0.05) is 30.3 Å². The summed E-state index contributed by atoms with van der Waals surface area (Å²) in [6, 6.07) is 13.4. The summed E-state index contributed by atoms with van der Waals surface area (Å²) in [4.78, 5) is 14.8. The number of fused-ring (bicyclic) bond motifs is 2. The zero-order valence-electron chi connectivity index (χ0n) is 15.4. The fraction of sp³-hybridized carbons (Fsp3) is 0.350. The summed E-state index contributed by atoms with van der Waals surface area (Å²) >= 11 is 0. The molecule has 2 heterocycles. The van der Waals surface area contributed by atoms with Crippen LogP contribution in [0.1, 0.15) is 16.7 Å². The van der Waals surface area contributed by atoms with Gasteiger partial charge in [-0.25, -0.2) is 8.42 Å². The molecule has 27 heavy (non-hydrogen) atoms. The van der Waals surface area contributed by atoms with Crippen molar-refractivity contribution < 1.29 is 17.9 Å². The van der Waals surface area contributed by atoms with E-state index in [9.17, 15) is 13.2 Å². The number of nitrogens with zero attached hydrogens (tertiary/aromatic N) is 2. The van der Waals surface area contributed by atoms with Crippen molar-refractivity contribution >= 4 is 21.6 Å². The SMILES string of the molecule is Cc1ccc2c(c1)N(S(C)(=O)=O)CC(C(=O)N1CCc3ccccc3C1)O2. The molecule has 2 aliphatic heterocycles. The molecule has 2 aromatic rings. The molecule has 0 bridgehead atoms. The van der Waals surface area contributed by atoms with Crippen LogP contribution in [0.4, 0.5) is 5.69 Å². The summed E-state index contributed by atoms with van der Waals surface area (Å²) in [7, 11) is -3.52. The number of carbonyl (C=O) groups excluding carboxylic acids is 1. The van der Waals surface area contributed by atoms with Gasteiger partial charge in [-0.05, 0) is 42.2 Å². The van der Waals surface area contributed by atoms with E-state index in [0.29, 0.717) is 24.5 Å². The molecule has 0 spiro atoms. The van der Waals surface area contributed by atoms with Gasteiger partial charge >= 0.3 is 0 Å². The van der Waals surface area contributed by atoms with Crippen molar-refractivity contribution in [3.63, 3.8) is 0 Å². The number of hydrogen-bond acceptors (Lipinski definition) is 4. The van der Waals surface area contributed by atoms with Crippen LogP contribution in [0.25, 0.3) is 0 Å². The molecule has 1 unspecified atom stereocenters. The van der Waals surface area contributed by atoms with Crippen molar-refractivity contribution in [2.75, 3.05) is 23.7 Å². The van der Waals surface area contributed by atoms with E-state index in [-0.39, 0.29) is 12.5 Å². The Bertz CT molecular complexity index is 1000. The van der Waals surface area contributed by atoms with Gasteiger partial charge in [0, 0.05) is 13.1 Å². The number of anilines is 1. The number of ether oxygens (including phenoxy) is 1. The molecule has 0 saturated carbocycles. The number of sulfonamides is 1. The number of benzene rings is 2. The Morgan fingerprint density at radius 2 is 1.89 bits per heavy atom. The normalized spacial score (nSPS) is 19.1. The predicted octanol–water partition coefficient (Wildman–Crippen LogP) is 2.11. The average Bonchev–Trinajstić information content (AvgIpc) is 2.65. The first kappa shape index (κ1) is 17.9. The Balaban J connectivity index is 1.61. The topological polar surface area (TPSA) is 66.9 Å². The van der Waals surface area contributed by atoms with Crippen LogP contribution >= 0.6 is 0 Å². The molecule has 0 N–H and O–H groups in total. The van der Waals surface area contributed by atoms with Gasteiger partial charge in [-0.3, -0.25) is 9.10 Å². The second-order valence-electron chi connectivity index (χ2n) is 7.15. The van der Waals surface area contributed by atoms with Crippen molar-refractivity contribution in [2.45, 2.75) is 26.0 Å². The molecule has 2 aliphatic rings. The largest absolute Gasteiger partial charge is 0.476 e. The van der Waals surface area contributed by atoms with Gasteiger partial charge in [-0.2, -0.15) is 0 Å². The van der Waals surface area contributed by atoms with Crippen LogP contribution in [0.2, 0.25) is 0 Å². The highest BCUT2D eigenvalue weighted by Gasteiger charge is 2.37. The quantitative estimate of drug-likeness (QED) is 0.793. The lowest BCUT2D eigenvalue weighted by atomic mass is 9.99. The van der Waals surface area contributed by atoms with Crippen molar-refractivity contribution in [1.82, 2.24) is 4.90 Å². The van der Waals surface area contributed by atoms with Gasteiger partial charge < -0.3 is 9.64 Å². The maximum atomic E-state index is 13.1. The molecule has 142 valence electrons. The van der Waals surface area contributed by atoms with Crippen LogP contribution in [0.3, 0.4) is 0 Å². The number of rotatable bonds is 2. The van der Waals surface area contributed by atoms with E-state index in [1.165, 1.54) is 9.87 Å². The zero-order valence-corrected chi connectivity index (χ0v) is 16.2. The van der Waals surface area contributed by atoms with E-state index in [1.807, 2.05) is 31.2 Å². The standard InChI is InChI=1S/C20H22N2O4S/c1-14-7-8-18-17(11-14)22(27(2,24)25)13-19(26-18)20(23)21-10-9-15-5-3-4-6-16(15)12-21/h3-8,11,19H,9-10,12-13H2,1-2H3. The van der Waals surface area contributed by atoms with E-state index >= 15 is 0 Å². The van der Waals surface area contributed by atoms with Crippen LogP contribution < -0.4 is 9.04 Å². The molecule has 0 radical (unpaired) electrons. The Kier molecular flexibility index (Phi) is 4.34. The molecule has 6 nitrogen and oxygen atoms in total. The van der Waals surface area contributed by atoms with E-state index < -0.39 is 16.1 Å². The number of amides is 1. The minimum Gasteiger partial charge on any atom is -0.476 e. The highest BCUT2D eigenvalue weighted by molar-refractivity contribution is 7.92. The van der Waals surface area contributed by atoms with Crippen molar-refractivity contribution in [3.8, 4) is 5.75 Å². The van der Waals surface area contributed by atoms with E-state index in [2.05, 4.69) is 6.07 Å². The molecule has 0 aromatic heterocycles. The first-order valence-corrected chi connectivity index (χ1v) is 10.8. The first-order chi connectivity index (χ1) is 12.8. The highest BCUT2D eigenvalue weighted by atomic mass is 32.2. The maximum absolute atomic E-state index is 13.1. The lowest BCUT2D eigenvalue weighted by molar-refractivity contribution is -0.139. The average molecular weight is 386 g/mol. The molecule has 0 aliphatic carbocycles. The summed E-state index contributed by atoms with van der Waals surface area (Å²) in [5.41, 5.74) is 3.81. The van der Waals surface area contributed by atoms with E-state index in [4.69, 9.17) is 4.74 Å². The lowest BCUT2D eigenvalue weighted by Gasteiger charge is -2.37. The lowest BCUT2D eigenvalue weighted by Crippen LogP contribution is -2.52. The van der Waals surface area contributed by atoms with Crippen LogP contribution in [-0.4, -0.2) is 44.7 Å². The minimum absolute atomic E-state index is 0.00767. The van der Waals surface area contributed by atoms with Gasteiger partial charge in [0.2, 0.25) is 10.0 Å². The van der Waals surface area contributed by atoms with Crippen molar-refractivity contribution in [3.05, 3.63) is 59.2 Å². The van der Waals surface area contributed by atoms with Gasteiger partial charge in [0.15, 0.2) is 6.10 Å². The van der Waals surface area contributed by atoms with Gasteiger partial charge in [0.05, 0.1) is 18.5 Å². The van der Waals surface area contributed by atoms with Crippen molar-refractivity contribution in [1.29, 1.82) is 0 Å². The van der Waals surface area contributed by atoms with Crippen LogP contribution in [-0.2, 0) is 27.8 Å². The number of hydrogen-bond donors (Lipinski definition) is 0. The second kappa shape index (κ2) is 6.56. The first-order valence-electron chi connectivity index (χ1n) is 8.93. The maximum Gasteiger partial charge on any atom is 0.265 e. The molecule has 0 saturated heterocycles. The third kappa shape index (κ3) is 3.39. The zero-order chi connectivity index (χ0) is 19.2.